The number of ether oxygens (including phenoxy) is 1. The lowest BCUT2D eigenvalue weighted by Gasteiger charge is -2.08. The van der Waals surface area contributed by atoms with E-state index in [1.165, 1.54) is 11.8 Å². The van der Waals surface area contributed by atoms with Gasteiger partial charge in [-0.3, -0.25) is 4.79 Å². The number of anilines is 1. The Labute approximate surface area is 151 Å². The minimum Gasteiger partial charge on any atom is -0.497 e. The van der Waals surface area contributed by atoms with Crippen LogP contribution in [0.2, 0.25) is 0 Å². The van der Waals surface area contributed by atoms with Crippen molar-refractivity contribution in [2.75, 3.05) is 18.2 Å². The fourth-order valence-corrected chi connectivity index (χ4v) is 3.47. The van der Waals surface area contributed by atoms with Crippen LogP contribution in [0.4, 0.5) is 5.69 Å². The second-order valence-electron chi connectivity index (χ2n) is 4.35. The highest BCUT2D eigenvalue weighted by atomic mass is 79.9. The zero-order valence-electron chi connectivity index (χ0n) is 12.2. The third kappa shape index (κ3) is 5.50. The van der Waals surface area contributed by atoms with Gasteiger partial charge in [0.2, 0.25) is 5.91 Å². The summed E-state index contributed by atoms with van der Waals surface area (Å²) in [5.74, 6) is 1.01. The normalized spacial score (nSPS) is 9.96. The van der Waals surface area contributed by atoms with E-state index in [0.29, 0.717) is 11.4 Å². The van der Waals surface area contributed by atoms with E-state index in [1.54, 1.807) is 25.3 Å². The van der Waals surface area contributed by atoms with Crippen molar-refractivity contribution in [1.29, 1.82) is 5.26 Å². The molecule has 0 aliphatic carbocycles. The van der Waals surface area contributed by atoms with Crippen molar-refractivity contribution >= 4 is 51.0 Å². The maximum Gasteiger partial charge on any atom is 0.234 e. The summed E-state index contributed by atoms with van der Waals surface area (Å²) < 4.78 is 5.85. The molecule has 0 unspecified atom stereocenters. The van der Waals surface area contributed by atoms with Gasteiger partial charge in [-0.2, -0.15) is 5.26 Å². The Balaban J connectivity index is 1.90. The molecule has 0 spiro atoms. The van der Waals surface area contributed by atoms with Gasteiger partial charge in [0.25, 0.3) is 0 Å². The van der Waals surface area contributed by atoms with E-state index < -0.39 is 0 Å². The molecule has 0 heterocycles. The molecular formula is C16H13BrN2O2S2. The van der Waals surface area contributed by atoms with Gasteiger partial charge in [-0.05, 0) is 70.2 Å². The van der Waals surface area contributed by atoms with Crippen molar-refractivity contribution in [3.05, 3.63) is 46.9 Å². The van der Waals surface area contributed by atoms with Crippen LogP contribution in [-0.4, -0.2) is 18.8 Å². The Morgan fingerprint density at radius 3 is 2.57 bits per heavy atom. The molecule has 0 aromatic heterocycles. The molecule has 0 saturated heterocycles. The van der Waals surface area contributed by atoms with E-state index >= 15 is 0 Å². The van der Waals surface area contributed by atoms with Crippen molar-refractivity contribution in [3.8, 4) is 11.2 Å². The standard InChI is InChI=1S/C16H13BrN2O2S2/c1-21-11-2-4-12(5-3-11)22-9-16(20)19-15-7-6-13(23-10-18)8-14(15)17/h2-8H,9H2,1H3,(H,19,20). The number of hydrogen-bond donors (Lipinski definition) is 1. The number of carbonyl (C=O) groups excluding carboxylic acids is 1. The molecule has 0 aliphatic heterocycles. The van der Waals surface area contributed by atoms with Gasteiger partial charge in [0.05, 0.1) is 18.6 Å². The van der Waals surface area contributed by atoms with Gasteiger partial charge < -0.3 is 10.1 Å². The Kier molecular flexibility index (Phi) is 6.84. The van der Waals surface area contributed by atoms with E-state index in [-0.39, 0.29) is 5.91 Å². The van der Waals surface area contributed by atoms with Crippen LogP contribution in [0.5, 0.6) is 5.75 Å². The number of thioether (sulfide) groups is 2. The molecule has 0 radical (unpaired) electrons. The highest BCUT2D eigenvalue weighted by Gasteiger charge is 2.08. The van der Waals surface area contributed by atoms with Crippen molar-refractivity contribution in [1.82, 2.24) is 0 Å². The lowest BCUT2D eigenvalue weighted by molar-refractivity contribution is -0.113. The average Bonchev–Trinajstić information content (AvgIpc) is 2.56. The predicted molar refractivity (Wildman–Crippen MR) is 98.0 cm³/mol. The van der Waals surface area contributed by atoms with Crippen LogP contribution in [0.25, 0.3) is 0 Å². The first kappa shape index (κ1) is 17.7. The molecule has 2 rings (SSSR count). The molecule has 2 aromatic carbocycles. The van der Waals surface area contributed by atoms with Crippen LogP contribution in [-0.2, 0) is 4.79 Å². The molecule has 7 heteroatoms. The summed E-state index contributed by atoms with van der Waals surface area (Å²) in [5.41, 5.74) is 0.688. The van der Waals surface area contributed by atoms with Crippen molar-refractivity contribution in [2.45, 2.75) is 9.79 Å². The van der Waals surface area contributed by atoms with Crippen LogP contribution in [0.1, 0.15) is 0 Å². The summed E-state index contributed by atoms with van der Waals surface area (Å²) in [5, 5.41) is 13.5. The first-order chi connectivity index (χ1) is 11.1. The molecular weight excluding hydrogens is 396 g/mol. The molecule has 0 saturated carbocycles. The third-order valence-electron chi connectivity index (χ3n) is 2.81. The highest BCUT2D eigenvalue weighted by Crippen LogP contribution is 2.28. The summed E-state index contributed by atoms with van der Waals surface area (Å²) in [6, 6.07) is 12.9. The average molecular weight is 409 g/mol. The second-order valence-corrected chi connectivity index (χ2v) is 7.11. The molecule has 118 valence electrons. The number of hydrogen-bond acceptors (Lipinski definition) is 5. The fourth-order valence-electron chi connectivity index (χ4n) is 1.72. The molecule has 0 bridgehead atoms. The summed E-state index contributed by atoms with van der Waals surface area (Å²) in [7, 11) is 1.62. The van der Waals surface area contributed by atoms with E-state index in [0.717, 1.165) is 31.8 Å². The van der Waals surface area contributed by atoms with Crippen LogP contribution in [0.15, 0.2) is 56.7 Å². The predicted octanol–water partition coefficient (Wildman–Crippen LogP) is 4.76. The second kappa shape index (κ2) is 8.87. The summed E-state index contributed by atoms with van der Waals surface area (Å²) >= 11 is 5.93. The summed E-state index contributed by atoms with van der Waals surface area (Å²) in [6.07, 6.45) is 0. The maximum absolute atomic E-state index is 12.0. The number of benzene rings is 2. The number of nitrogens with one attached hydrogen (secondary N) is 1. The molecule has 4 nitrogen and oxygen atoms in total. The minimum atomic E-state index is -0.0906. The Morgan fingerprint density at radius 1 is 1.26 bits per heavy atom. The SMILES string of the molecule is COc1ccc(SCC(=O)Nc2ccc(SC#N)cc2Br)cc1. The molecule has 23 heavy (non-hydrogen) atoms. The molecule has 1 N–H and O–H groups in total. The Hall–Kier alpha value is -1.62. The van der Waals surface area contributed by atoms with Gasteiger partial charge in [-0.25, -0.2) is 0 Å². The smallest absolute Gasteiger partial charge is 0.234 e. The zero-order chi connectivity index (χ0) is 16.7. The number of rotatable bonds is 6. The monoisotopic (exact) mass is 408 g/mol. The van der Waals surface area contributed by atoms with Crippen LogP contribution < -0.4 is 10.1 Å². The van der Waals surface area contributed by atoms with Crippen molar-refractivity contribution in [3.63, 3.8) is 0 Å². The summed E-state index contributed by atoms with van der Waals surface area (Å²) in [6.45, 7) is 0. The van der Waals surface area contributed by atoms with Gasteiger partial charge in [0, 0.05) is 14.3 Å². The number of halogens is 1. The van der Waals surface area contributed by atoms with Crippen LogP contribution in [0.3, 0.4) is 0 Å². The molecule has 0 aliphatic rings. The van der Waals surface area contributed by atoms with Gasteiger partial charge in [0.1, 0.15) is 11.2 Å². The zero-order valence-corrected chi connectivity index (χ0v) is 15.4. The molecule has 1 amide bonds. The maximum atomic E-state index is 12.0. The number of nitriles is 1. The molecule has 0 fully saturated rings. The lowest BCUT2D eigenvalue weighted by atomic mass is 10.3. The van der Waals surface area contributed by atoms with Gasteiger partial charge in [-0.1, -0.05) is 0 Å². The lowest BCUT2D eigenvalue weighted by Crippen LogP contribution is -2.14. The first-order valence-electron chi connectivity index (χ1n) is 6.54. The van der Waals surface area contributed by atoms with E-state index in [1.807, 2.05) is 29.7 Å². The number of amides is 1. The highest BCUT2D eigenvalue weighted by molar-refractivity contribution is 9.10. The molecule has 2 aromatic rings. The van der Waals surface area contributed by atoms with Crippen molar-refractivity contribution in [2.24, 2.45) is 0 Å². The van der Waals surface area contributed by atoms with Gasteiger partial charge in [0.15, 0.2) is 0 Å². The van der Waals surface area contributed by atoms with E-state index in [4.69, 9.17) is 10.00 Å². The number of nitrogens with zero attached hydrogens (tertiary/aromatic N) is 1. The van der Waals surface area contributed by atoms with Crippen molar-refractivity contribution < 1.29 is 9.53 Å². The van der Waals surface area contributed by atoms with E-state index in [9.17, 15) is 4.79 Å². The molecule has 0 atom stereocenters. The fraction of sp³-hybridized carbons (Fsp3) is 0.125. The Morgan fingerprint density at radius 2 is 1.96 bits per heavy atom. The summed E-state index contributed by atoms with van der Waals surface area (Å²) in [4.78, 5) is 13.9. The van der Waals surface area contributed by atoms with Gasteiger partial charge >= 0.3 is 0 Å². The Bertz CT molecular complexity index is 730. The number of thiocyanates is 1. The largest absolute Gasteiger partial charge is 0.497 e. The van der Waals surface area contributed by atoms with Gasteiger partial charge in [-0.15, -0.1) is 11.8 Å². The third-order valence-corrected chi connectivity index (χ3v) is 5.06. The van der Waals surface area contributed by atoms with Crippen LogP contribution >= 0.6 is 39.5 Å². The number of methoxy groups -OCH3 is 1. The van der Waals surface area contributed by atoms with Crippen LogP contribution in [0, 0.1) is 10.7 Å². The first-order valence-corrected chi connectivity index (χ1v) is 9.14. The minimum absolute atomic E-state index is 0.0906. The van der Waals surface area contributed by atoms with E-state index in [2.05, 4.69) is 21.2 Å². The topological polar surface area (TPSA) is 62.1 Å². The quantitative estimate of drug-likeness (QED) is 0.551. The number of carbonyl (C=O) groups is 1.